The Kier molecular flexibility index (Phi) is 4.47. The summed E-state index contributed by atoms with van der Waals surface area (Å²) in [6, 6.07) is 27.7. The van der Waals surface area contributed by atoms with Crippen molar-refractivity contribution >= 4 is 16.9 Å². The highest BCUT2D eigenvalue weighted by molar-refractivity contribution is 5.72. The maximum absolute atomic E-state index is 3.48. The second-order valence-corrected chi connectivity index (χ2v) is 6.30. The first-order valence-electron chi connectivity index (χ1n) is 8.77. The standard InChI is InChI=1S/C24H21N/c1-3-7-19(8-4-1)21-11-15-23(16-12-21)25-24-17-13-22(14-18-24)20-9-5-2-6-10-20/h1-5,7-9,11-18,25H,6,10H2. The van der Waals surface area contributed by atoms with Gasteiger partial charge in [-0.1, -0.05) is 72.8 Å². The Bertz CT molecular complexity index is 885. The third kappa shape index (κ3) is 3.72. The third-order valence-corrected chi connectivity index (χ3v) is 4.55. The monoisotopic (exact) mass is 323 g/mol. The molecule has 1 nitrogen and oxygen atoms in total. The van der Waals surface area contributed by atoms with E-state index in [1.807, 2.05) is 6.07 Å². The van der Waals surface area contributed by atoms with Crippen molar-refractivity contribution in [3.63, 3.8) is 0 Å². The molecule has 0 spiro atoms. The van der Waals surface area contributed by atoms with Gasteiger partial charge in [-0.15, -0.1) is 0 Å². The van der Waals surface area contributed by atoms with Gasteiger partial charge in [-0.2, -0.15) is 0 Å². The quantitative estimate of drug-likeness (QED) is 0.555. The summed E-state index contributed by atoms with van der Waals surface area (Å²) < 4.78 is 0. The van der Waals surface area contributed by atoms with Crippen molar-refractivity contribution in [2.24, 2.45) is 0 Å². The van der Waals surface area contributed by atoms with Gasteiger partial charge in [0.1, 0.15) is 0 Å². The number of benzene rings is 3. The van der Waals surface area contributed by atoms with Crippen molar-refractivity contribution in [3.05, 3.63) is 103 Å². The largest absolute Gasteiger partial charge is 0.356 e. The minimum Gasteiger partial charge on any atom is -0.356 e. The molecule has 3 aromatic carbocycles. The van der Waals surface area contributed by atoms with E-state index in [9.17, 15) is 0 Å². The Morgan fingerprint density at radius 2 is 1.20 bits per heavy atom. The summed E-state index contributed by atoms with van der Waals surface area (Å²) in [5.41, 5.74) is 7.43. The first kappa shape index (κ1) is 15.5. The van der Waals surface area contributed by atoms with Gasteiger partial charge in [-0.3, -0.25) is 0 Å². The topological polar surface area (TPSA) is 12.0 Å². The molecule has 0 saturated heterocycles. The summed E-state index contributed by atoms with van der Waals surface area (Å²) in [7, 11) is 0. The maximum atomic E-state index is 3.48. The van der Waals surface area contributed by atoms with Gasteiger partial charge in [-0.25, -0.2) is 0 Å². The molecule has 4 rings (SSSR count). The van der Waals surface area contributed by atoms with Gasteiger partial charge in [0.25, 0.3) is 0 Å². The molecular weight excluding hydrogens is 302 g/mol. The van der Waals surface area contributed by atoms with Crippen LogP contribution in [0.25, 0.3) is 16.7 Å². The first-order valence-corrected chi connectivity index (χ1v) is 8.77. The number of hydrogen-bond donors (Lipinski definition) is 1. The van der Waals surface area contributed by atoms with E-state index >= 15 is 0 Å². The van der Waals surface area contributed by atoms with Gasteiger partial charge in [0, 0.05) is 11.4 Å². The molecule has 0 heterocycles. The zero-order valence-corrected chi connectivity index (χ0v) is 14.2. The third-order valence-electron chi connectivity index (χ3n) is 4.55. The van der Waals surface area contributed by atoms with E-state index in [4.69, 9.17) is 0 Å². The van der Waals surface area contributed by atoms with Crippen LogP contribution in [0.2, 0.25) is 0 Å². The van der Waals surface area contributed by atoms with Crippen molar-refractivity contribution in [2.75, 3.05) is 5.32 Å². The molecule has 122 valence electrons. The summed E-state index contributed by atoms with van der Waals surface area (Å²) >= 11 is 0. The van der Waals surface area contributed by atoms with Gasteiger partial charge in [0.15, 0.2) is 0 Å². The minimum absolute atomic E-state index is 1.10. The fourth-order valence-electron chi connectivity index (χ4n) is 3.15. The highest BCUT2D eigenvalue weighted by Gasteiger charge is 2.03. The van der Waals surface area contributed by atoms with Crippen LogP contribution in [0.4, 0.5) is 11.4 Å². The molecule has 25 heavy (non-hydrogen) atoms. The molecule has 0 radical (unpaired) electrons. The highest BCUT2D eigenvalue weighted by Crippen LogP contribution is 2.26. The molecule has 1 aliphatic carbocycles. The lowest BCUT2D eigenvalue weighted by molar-refractivity contribution is 1.05. The Labute approximate surface area is 149 Å². The Hall–Kier alpha value is -3.06. The van der Waals surface area contributed by atoms with Crippen LogP contribution in [-0.2, 0) is 0 Å². The summed E-state index contributed by atoms with van der Waals surface area (Å²) in [4.78, 5) is 0. The van der Waals surface area contributed by atoms with Gasteiger partial charge >= 0.3 is 0 Å². The van der Waals surface area contributed by atoms with Crippen LogP contribution in [0.1, 0.15) is 18.4 Å². The molecule has 0 atom stereocenters. The molecular formula is C24H21N. The van der Waals surface area contributed by atoms with E-state index in [-0.39, 0.29) is 0 Å². The summed E-state index contributed by atoms with van der Waals surface area (Å²) in [5, 5.41) is 3.48. The SMILES string of the molecule is C1=CCCC(c2ccc(Nc3ccc(-c4ccccc4)cc3)cc2)=C1. The average molecular weight is 323 g/mol. The van der Waals surface area contributed by atoms with Crippen molar-refractivity contribution in [1.82, 2.24) is 0 Å². The fourth-order valence-corrected chi connectivity index (χ4v) is 3.15. The number of allylic oxidation sites excluding steroid dienone is 4. The fraction of sp³-hybridized carbons (Fsp3) is 0.0833. The minimum atomic E-state index is 1.10. The summed E-state index contributed by atoms with van der Waals surface area (Å²) in [6.07, 6.45) is 8.86. The van der Waals surface area contributed by atoms with E-state index in [1.54, 1.807) is 0 Å². The van der Waals surface area contributed by atoms with Crippen LogP contribution in [0, 0.1) is 0 Å². The van der Waals surface area contributed by atoms with Crippen LogP contribution in [-0.4, -0.2) is 0 Å². The van der Waals surface area contributed by atoms with Crippen LogP contribution >= 0.6 is 0 Å². The van der Waals surface area contributed by atoms with E-state index < -0.39 is 0 Å². The van der Waals surface area contributed by atoms with Crippen molar-refractivity contribution < 1.29 is 0 Å². The van der Waals surface area contributed by atoms with Crippen molar-refractivity contribution in [3.8, 4) is 11.1 Å². The predicted octanol–water partition coefficient (Wildman–Crippen LogP) is 6.83. The zero-order valence-electron chi connectivity index (χ0n) is 14.2. The molecule has 1 N–H and O–H groups in total. The molecule has 1 heteroatoms. The molecule has 3 aromatic rings. The average Bonchev–Trinajstić information content (AvgIpc) is 2.71. The van der Waals surface area contributed by atoms with Gasteiger partial charge in [0.2, 0.25) is 0 Å². The number of nitrogens with one attached hydrogen (secondary N) is 1. The lowest BCUT2D eigenvalue weighted by Crippen LogP contribution is -1.92. The van der Waals surface area contributed by atoms with Crippen molar-refractivity contribution in [2.45, 2.75) is 12.8 Å². The second kappa shape index (κ2) is 7.23. The molecule has 0 amide bonds. The second-order valence-electron chi connectivity index (χ2n) is 6.30. The van der Waals surface area contributed by atoms with Crippen LogP contribution in [0.3, 0.4) is 0 Å². The lowest BCUT2D eigenvalue weighted by atomic mass is 9.97. The lowest BCUT2D eigenvalue weighted by Gasteiger charge is -2.11. The predicted molar refractivity (Wildman–Crippen MR) is 108 cm³/mol. The Morgan fingerprint density at radius 1 is 0.600 bits per heavy atom. The zero-order chi connectivity index (χ0) is 16.9. The van der Waals surface area contributed by atoms with Crippen LogP contribution < -0.4 is 5.32 Å². The normalized spacial score (nSPS) is 13.4. The maximum Gasteiger partial charge on any atom is 0.0384 e. The first-order chi connectivity index (χ1) is 12.4. The highest BCUT2D eigenvalue weighted by atomic mass is 14.9. The molecule has 0 bridgehead atoms. The molecule has 0 saturated carbocycles. The van der Waals surface area contributed by atoms with Crippen molar-refractivity contribution in [1.29, 1.82) is 0 Å². The molecule has 0 aromatic heterocycles. The molecule has 0 aliphatic heterocycles. The Morgan fingerprint density at radius 3 is 1.80 bits per heavy atom. The number of anilines is 2. The van der Waals surface area contributed by atoms with E-state index in [2.05, 4.69) is 96.3 Å². The van der Waals surface area contributed by atoms with Gasteiger partial charge in [-0.05, 0) is 59.4 Å². The van der Waals surface area contributed by atoms with Gasteiger partial charge < -0.3 is 5.32 Å². The summed E-state index contributed by atoms with van der Waals surface area (Å²) in [6.45, 7) is 0. The van der Waals surface area contributed by atoms with Crippen LogP contribution in [0.5, 0.6) is 0 Å². The van der Waals surface area contributed by atoms with E-state index in [1.165, 1.54) is 22.3 Å². The Balaban J connectivity index is 1.47. The molecule has 0 unspecified atom stereocenters. The summed E-state index contributed by atoms with van der Waals surface area (Å²) in [5.74, 6) is 0. The van der Waals surface area contributed by atoms with E-state index in [0.29, 0.717) is 0 Å². The number of hydrogen-bond acceptors (Lipinski definition) is 1. The van der Waals surface area contributed by atoms with Gasteiger partial charge in [0.05, 0.1) is 0 Å². The smallest absolute Gasteiger partial charge is 0.0384 e. The van der Waals surface area contributed by atoms with E-state index in [0.717, 1.165) is 24.2 Å². The molecule has 0 fully saturated rings. The number of rotatable bonds is 4. The van der Waals surface area contributed by atoms with Crippen LogP contribution in [0.15, 0.2) is 97.1 Å². The molecule has 1 aliphatic rings.